The Morgan fingerprint density at radius 2 is 1.79 bits per heavy atom. The van der Waals surface area contributed by atoms with Crippen LogP contribution >= 0.6 is 11.3 Å². The molecule has 96 valence electrons. The molecule has 0 aliphatic carbocycles. The van der Waals surface area contributed by atoms with E-state index in [1.807, 2.05) is 24.3 Å². The van der Waals surface area contributed by atoms with Gasteiger partial charge in [-0.15, -0.1) is 11.3 Å². The van der Waals surface area contributed by atoms with Crippen LogP contribution in [0.25, 0.3) is 11.0 Å². The van der Waals surface area contributed by atoms with E-state index in [2.05, 4.69) is 27.5 Å². The first-order valence-corrected chi connectivity index (χ1v) is 7.07. The summed E-state index contributed by atoms with van der Waals surface area (Å²) in [7, 11) is 1.65. The number of para-hydroxylation sites is 2. The first kappa shape index (κ1) is 12.1. The van der Waals surface area contributed by atoms with Crippen molar-refractivity contribution in [2.75, 3.05) is 7.11 Å². The van der Waals surface area contributed by atoms with Crippen molar-refractivity contribution >= 4 is 22.4 Å². The predicted octanol–water partition coefficient (Wildman–Crippen LogP) is 3.49. The number of aromatic nitrogens is 2. The summed E-state index contributed by atoms with van der Waals surface area (Å²) in [5, 5.41) is 2.10. The number of ether oxygens (including phenoxy) is 1. The molecule has 0 fully saturated rings. The van der Waals surface area contributed by atoms with Crippen molar-refractivity contribution in [3.05, 3.63) is 52.3 Å². The van der Waals surface area contributed by atoms with Crippen LogP contribution in [-0.2, 0) is 12.8 Å². The molecule has 4 heteroatoms. The van der Waals surface area contributed by atoms with Crippen molar-refractivity contribution < 1.29 is 4.74 Å². The molecule has 0 amide bonds. The van der Waals surface area contributed by atoms with E-state index in [1.54, 1.807) is 18.4 Å². The van der Waals surface area contributed by atoms with E-state index >= 15 is 0 Å². The summed E-state index contributed by atoms with van der Waals surface area (Å²) in [5.41, 5.74) is 2.72. The van der Waals surface area contributed by atoms with E-state index in [4.69, 9.17) is 4.74 Å². The fourth-order valence-corrected chi connectivity index (χ4v) is 2.75. The molecule has 3 aromatic rings. The summed E-state index contributed by atoms with van der Waals surface area (Å²) >= 11 is 1.77. The van der Waals surface area contributed by atoms with Gasteiger partial charge in [0.25, 0.3) is 0 Å². The number of fused-ring (bicyclic) bond motifs is 1. The predicted molar refractivity (Wildman–Crippen MR) is 77.8 cm³/mol. The monoisotopic (exact) mass is 270 g/mol. The van der Waals surface area contributed by atoms with Crippen LogP contribution in [0.3, 0.4) is 0 Å². The maximum Gasteiger partial charge on any atom is 0.235 e. The number of nitrogens with zero attached hydrogens (tertiary/aromatic N) is 2. The molecule has 0 bridgehead atoms. The lowest BCUT2D eigenvalue weighted by atomic mass is 10.2. The van der Waals surface area contributed by atoms with E-state index in [9.17, 15) is 0 Å². The maximum atomic E-state index is 5.35. The van der Waals surface area contributed by atoms with E-state index in [0.717, 1.165) is 29.6 Å². The molecule has 2 aromatic heterocycles. The lowest BCUT2D eigenvalue weighted by molar-refractivity contribution is 0.391. The lowest BCUT2D eigenvalue weighted by Crippen LogP contribution is -2.01. The molecule has 0 unspecified atom stereocenters. The highest BCUT2D eigenvalue weighted by Gasteiger charge is 2.09. The quantitative estimate of drug-likeness (QED) is 0.728. The van der Waals surface area contributed by atoms with Gasteiger partial charge in [0.1, 0.15) is 5.69 Å². The van der Waals surface area contributed by atoms with Crippen molar-refractivity contribution in [2.45, 2.75) is 12.8 Å². The average Bonchev–Trinajstić information content (AvgIpc) is 2.97. The number of methoxy groups -OCH3 is 1. The Kier molecular flexibility index (Phi) is 3.42. The minimum Gasteiger partial charge on any atom is -0.480 e. The molecule has 0 saturated heterocycles. The largest absolute Gasteiger partial charge is 0.480 e. The molecule has 0 N–H and O–H groups in total. The molecule has 3 nitrogen and oxygen atoms in total. The van der Waals surface area contributed by atoms with Crippen LogP contribution in [0.4, 0.5) is 0 Å². The van der Waals surface area contributed by atoms with Crippen LogP contribution in [0.1, 0.15) is 10.6 Å². The van der Waals surface area contributed by atoms with E-state index < -0.39 is 0 Å². The van der Waals surface area contributed by atoms with Crippen molar-refractivity contribution in [3.8, 4) is 5.88 Å². The summed E-state index contributed by atoms with van der Waals surface area (Å²) < 4.78 is 5.35. The lowest BCUT2D eigenvalue weighted by Gasteiger charge is -2.07. The second kappa shape index (κ2) is 5.36. The SMILES string of the molecule is COc1nc2ccccc2nc1CCc1cccs1. The van der Waals surface area contributed by atoms with Crippen LogP contribution in [0.5, 0.6) is 5.88 Å². The topological polar surface area (TPSA) is 35.0 Å². The van der Waals surface area contributed by atoms with Gasteiger partial charge in [0, 0.05) is 4.88 Å². The molecule has 0 spiro atoms. The first-order chi connectivity index (χ1) is 9.36. The van der Waals surface area contributed by atoms with E-state index in [1.165, 1.54) is 4.88 Å². The third-order valence-electron chi connectivity index (χ3n) is 2.99. The molecule has 0 saturated carbocycles. The molecule has 19 heavy (non-hydrogen) atoms. The highest BCUT2D eigenvalue weighted by molar-refractivity contribution is 7.09. The Labute approximate surface area is 115 Å². The zero-order valence-corrected chi connectivity index (χ0v) is 11.5. The van der Waals surface area contributed by atoms with E-state index in [0.29, 0.717) is 5.88 Å². The number of hydrogen-bond donors (Lipinski definition) is 0. The fraction of sp³-hybridized carbons (Fsp3) is 0.200. The fourth-order valence-electron chi connectivity index (χ4n) is 2.04. The summed E-state index contributed by atoms with van der Waals surface area (Å²) in [6.45, 7) is 0. The smallest absolute Gasteiger partial charge is 0.235 e. The number of rotatable bonds is 4. The Hall–Kier alpha value is -1.94. The van der Waals surface area contributed by atoms with E-state index in [-0.39, 0.29) is 0 Å². The average molecular weight is 270 g/mol. The van der Waals surface area contributed by atoms with Crippen molar-refractivity contribution in [2.24, 2.45) is 0 Å². The molecule has 2 heterocycles. The van der Waals surface area contributed by atoms with Crippen molar-refractivity contribution in [3.63, 3.8) is 0 Å². The normalized spacial score (nSPS) is 10.8. The minimum absolute atomic E-state index is 0.634. The Morgan fingerprint density at radius 3 is 2.47 bits per heavy atom. The highest BCUT2D eigenvalue weighted by Crippen LogP contribution is 2.21. The van der Waals surface area contributed by atoms with Crippen LogP contribution in [0.15, 0.2) is 41.8 Å². The van der Waals surface area contributed by atoms with Crippen LogP contribution in [-0.4, -0.2) is 17.1 Å². The number of benzene rings is 1. The number of hydrogen-bond acceptors (Lipinski definition) is 4. The Bertz CT molecular complexity index is 680. The van der Waals surface area contributed by atoms with Gasteiger partial charge in [-0.2, -0.15) is 0 Å². The van der Waals surface area contributed by atoms with Gasteiger partial charge >= 0.3 is 0 Å². The van der Waals surface area contributed by atoms with Crippen LogP contribution in [0, 0.1) is 0 Å². The summed E-state index contributed by atoms with van der Waals surface area (Å²) in [6.07, 6.45) is 1.82. The molecule has 0 radical (unpaired) electrons. The minimum atomic E-state index is 0.634. The summed E-state index contributed by atoms with van der Waals surface area (Å²) in [5.74, 6) is 0.634. The zero-order valence-electron chi connectivity index (χ0n) is 10.7. The van der Waals surface area contributed by atoms with Gasteiger partial charge < -0.3 is 4.74 Å². The second-order valence-corrected chi connectivity index (χ2v) is 5.28. The van der Waals surface area contributed by atoms with Gasteiger partial charge in [0.05, 0.1) is 18.1 Å². The van der Waals surface area contributed by atoms with Gasteiger partial charge in [-0.25, -0.2) is 9.97 Å². The molecular weight excluding hydrogens is 256 g/mol. The summed E-state index contributed by atoms with van der Waals surface area (Å²) in [6, 6.07) is 12.1. The van der Waals surface area contributed by atoms with Gasteiger partial charge in [-0.3, -0.25) is 0 Å². The Balaban J connectivity index is 1.92. The number of aryl methyl sites for hydroxylation is 2. The van der Waals surface area contributed by atoms with Crippen molar-refractivity contribution in [1.82, 2.24) is 9.97 Å². The highest BCUT2D eigenvalue weighted by atomic mass is 32.1. The summed E-state index contributed by atoms with van der Waals surface area (Å²) in [4.78, 5) is 10.5. The van der Waals surface area contributed by atoms with Gasteiger partial charge in [0.15, 0.2) is 0 Å². The molecule has 0 aliphatic rings. The molecular formula is C15H14N2OS. The molecule has 0 atom stereocenters. The maximum absolute atomic E-state index is 5.35. The third-order valence-corrected chi connectivity index (χ3v) is 3.92. The van der Waals surface area contributed by atoms with Gasteiger partial charge in [-0.1, -0.05) is 18.2 Å². The molecule has 1 aromatic carbocycles. The van der Waals surface area contributed by atoms with Crippen molar-refractivity contribution in [1.29, 1.82) is 0 Å². The first-order valence-electron chi connectivity index (χ1n) is 6.19. The van der Waals surface area contributed by atoms with Gasteiger partial charge in [0.2, 0.25) is 5.88 Å². The van der Waals surface area contributed by atoms with Crippen LogP contribution < -0.4 is 4.74 Å². The zero-order chi connectivity index (χ0) is 13.1. The Morgan fingerprint density at radius 1 is 1.00 bits per heavy atom. The van der Waals surface area contributed by atoms with Gasteiger partial charge in [-0.05, 0) is 36.4 Å². The third kappa shape index (κ3) is 2.58. The standard InChI is InChI=1S/C15H14N2OS/c1-18-15-14(9-8-11-5-4-10-19-11)16-12-6-2-3-7-13(12)17-15/h2-7,10H,8-9H2,1H3. The molecule has 0 aliphatic heterocycles. The number of thiophene rings is 1. The van der Waals surface area contributed by atoms with Crippen LogP contribution in [0.2, 0.25) is 0 Å². The second-order valence-electron chi connectivity index (χ2n) is 4.25. The molecule has 3 rings (SSSR count).